The number of nitrogens with zero attached hydrogens (tertiary/aromatic N) is 1. The van der Waals surface area contributed by atoms with Crippen LogP contribution in [0.15, 0.2) is 24.3 Å². The number of aliphatic carboxylic acids is 1. The number of rotatable bonds is 9. The summed E-state index contributed by atoms with van der Waals surface area (Å²) < 4.78 is 0. The van der Waals surface area contributed by atoms with Crippen LogP contribution in [-0.4, -0.2) is 49.0 Å². The molecule has 0 radical (unpaired) electrons. The number of halogens is 2. The van der Waals surface area contributed by atoms with E-state index in [-0.39, 0.29) is 6.42 Å². The molecule has 0 amide bonds. The molecule has 1 aliphatic rings. The van der Waals surface area contributed by atoms with Crippen LogP contribution in [0, 0.1) is 0 Å². The number of carbonyl (C=O) groups is 1. The third kappa shape index (κ3) is 9.13. The summed E-state index contributed by atoms with van der Waals surface area (Å²) in [4.78, 5) is 12.6. The minimum absolute atomic E-state index is 0.215. The Kier molecular flexibility index (Phi) is 10.0. The Morgan fingerprint density at radius 2 is 1.68 bits per heavy atom. The van der Waals surface area contributed by atoms with E-state index in [1.54, 1.807) is 0 Å². The number of nitrogens with one attached hydrogen (secondary N) is 1. The SMILES string of the molecule is C1CN1.O=C(O)CCCc1ccc(N(CCCl)CCCl)cc1. The summed E-state index contributed by atoms with van der Waals surface area (Å²) in [6.45, 7) is 4.04. The summed E-state index contributed by atoms with van der Waals surface area (Å²) in [6, 6.07) is 8.14. The van der Waals surface area contributed by atoms with Crippen LogP contribution in [0.4, 0.5) is 5.69 Å². The van der Waals surface area contributed by atoms with Gasteiger partial charge in [-0.15, -0.1) is 23.2 Å². The lowest BCUT2D eigenvalue weighted by Gasteiger charge is -2.23. The van der Waals surface area contributed by atoms with Gasteiger partial charge in [0.25, 0.3) is 0 Å². The molecule has 1 aliphatic heterocycles. The monoisotopic (exact) mass is 346 g/mol. The van der Waals surface area contributed by atoms with Crippen LogP contribution in [0.5, 0.6) is 0 Å². The Morgan fingerprint density at radius 3 is 2.09 bits per heavy atom. The second kappa shape index (κ2) is 11.6. The number of hydrogen-bond donors (Lipinski definition) is 2. The van der Waals surface area contributed by atoms with Gasteiger partial charge in [0.1, 0.15) is 0 Å². The number of carboxylic acid groups (broad SMARTS) is 1. The van der Waals surface area contributed by atoms with Gasteiger partial charge < -0.3 is 15.3 Å². The first-order valence-electron chi connectivity index (χ1n) is 7.55. The van der Waals surface area contributed by atoms with E-state index < -0.39 is 5.97 Å². The molecule has 0 spiro atoms. The molecule has 2 N–H and O–H groups in total. The largest absolute Gasteiger partial charge is 0.481 e. The molecule has 1 heterocycles. The molecule has 4 nitrogen and oxygen atoms in total. The van der Waals surface area contributed by atoms with Gasteiger partial charge in [-0.25, -0.2) is 0 Å². The predicted octanol–water partition coefficient (Wildman–Crippen LogP) is 2.97. The van der Waals surface area contributed by atoms with Gasteiger partial charge in [0.15, 0.2) is 0 Å². The highest BCUT2D eigenvalue weighted by molar-refractivity contribution is 6.18. The quantitative estimate of drug-likeness (QED) is 0.533. The van der Waals surface area contributed by atoms with Gasteiger partial charge in [-0.1, -0.05) is 12.1 Å². The van der Waals surface area contributed by atoms with Gasteiger partial charge in [0, 0.05) is 50.0 Å². The van der Waals surface area contributed by atoms with Gasteiger partial charge in [0.05, 0.1) is 0 Å². The maximum atomic E-state index is 10.4. The van der Waals surface area contributed by atoms with E-state index in [0.717, 1.165) is 30.8 Å². The van der Waals surface area contributed by atoms with E-state index in [9.17, 15) is 4.79 Å². The standard InChI is InChI=1S/C14H19Cl2NO2.C2H5N/c15-8-10-17(11-9-16)13-6-4-12(5-7-13)2-1-3-14(18)19;1-2-3-1/h4-7H,1-3,8-11H2,(H,18,19);3H,1-2H2. The fraction of sp³-hybridized carbons (Fsp3) is 0.562. The Morgan fingerprint density at radius 1 is 1.14 bits per heavy atom. The maximum Gasteiger partial charge on any atom is 0.303 e. The average molecular weight is 347 g/mol. The number of carboxylic acids is 1. The molecule has 1 aromatic rings. The Hall–Kier alpha value is -0.970. The van der Waals surface area contributed by atoms with Crippen molar-refractivity contribution in [1.29, 1.82) is 0 Å². The molecular formula is C16H24Cl2N2O2. The molecule has 1 saturated heterocycles. The molecule has 0 aliphatic carbocycles. The number of alkyl halides is 2. The third-order valence-electron chi connectivity index (χ3n) is 3.12. The van der Waals surface area contributed by atoms with Crippen molar-refractivity contribution in [1.82, 2.24) is 5.32 Å². The van der Waals surface area contributed by atoms with Crippen LogP contribution in [0.3, 0.4) is 0 Å². The lowest BCUT2D eigenvalue weighted by atomic mass is 10.1. The first-order valence-corrected chi connectivity index (χ1v) is 8.62. The van der Waals surface area contributed by atoms with Crippen molar-refractivity contribution in [2.45, 2.75) is 19.3 Å². The van der Waals surface area contributed by atoms with E-state index in [1.807, 2.05) is 24.3 Å². The zero-order chi connectivity index (χ0) is 16.2. The third-order valence-corrected chi connectivity index (χ3v) is 3.45. The minimum Gasteiger partial charge on any atom is -0.481 e. The molecule has 1 fully saturated rings. The van der Waals surface area contributed by atoms with Gasteiger partial charge in [-0.05, 0) is 30.5 Å². The van der Waals surface area contributed by atoms with Crippen molar-refractivity contribution in [3.63, 3.8) is 0 Å². The summed E-state index contributed by atoms with van der Waals surface area (Å²) in [5.41, 5.74) is 2.25. The first-order chi connectivity index (χ1) is 10.7. The Bertz CT molecular complexity index is 416. The summed E-state index contributed by atoms with van der Waals surface area (Å²) in [5, 5.41) is 11.6. The van der Waals surface area contributed by atoms with Crippen molar-refractivity contribution >= 4 is 34.9 Å². The van der Waals surface area contributed by atoms with Crippen molar-refractivity contribution in [2.24, 2.45) is 0 Å². The van der Waals surface area contributed by atoms with Crippen LogP contribution in [0.2, 0.25) is 0 Å². The number of benzene rings is 1. The molecule has 0 aromatic heterocycles. The van der Waals surface area contributed by atoms with Gasteiger partial charge >= 0.3 is 5.97 Å². The zero-order valence-corrected chi connectivity index (χ0v) is 14.2. The van der Waals surface area contributed by atoms with Crippen LogP contribution in [0.1, 0.15) is 18.4 Å². The molecule has 0 saturated carbocycles. The van der Waals surface area contributed by atoms with Crippen molar-refractivity contribution in [3.8, 4) is 0 Å². The normalized spacial score (nSPS) is 12.3. The predicted molar refractivity (Wildman–Crippen MR) is 93.5 cm³/mol. The van der Waals surface area contributed by atoms with E-state index in [2.05, 4.69) is 10.2 Å². The van der Waals surface area contributed by atoms with Crippen molar-refractivity contribution < 1.29 is 9.90 Å². The Balaban J connectivity index is 0.000000714. The molecule has 0 unspecified atom stereocenters. The second-order valence-corrected chi connectivity index (χ2v) is 5.78. The van der Waals surface area contributed by atoms with Crippen molar-refractivity contribution in [2.75, 3.05) is 42.8 Å². The zero-order valence-electron chi connectivity index (χ0n) is 12.7. The summed E-state index contributed by atoms with van der Waals surface area (Å²) >= 11 is 11.5. The highest BCUT2D eigenvalue weighted by Crippen LogP contribution is 2.16. The summed E-state index contributed by atoms with van der Waals surface area (Å²) in [5.74, 6) is 0.390. The molecule has 22 heavy (non-hydrogen) atoms. The van der Waals surface area contributed by atoms with Crippen LogP contribution in [-0.2, 0) is 11.2 Å². The minimum atomic E-state index is -0.743. The van der Waals surface area contributed by atoms with Crippen LogP contribution < -0.4 is 10.2 Å². The molecule has 124 valence electrons. The molecule has 1 aromatic carbocycles. The average Bonchev–Trinajstić information content (AvgIpc) is 3.36. The number of anilines is 1. The fourth-order valence-corrected chi connectivity index (χ4v) is 2.30. The molecule has 0 atom stereocenters. The first kappa shape index (κ1) is 19.1. The van der Waals surface area contributed by atoms with Crippen LogP contribution >= 0.6 is 23.2 Å². The summed E-state index contributed by atoms with van der Waals surface area (Å²) in [6.07, 6.45) is 1.67. The van der Waals surface area contributed by atoms with E-state index in [0.29, 0.717) is 18.2 Å². The van der Waals surface area contributed by atoms with E-state index in [1.165, 1.54) is 13.1 Å². The highest BCUT2D eigenvalue weighted by Gasteiger charge is 2.05. The lowest BCUT2D eigenvalue weighted by Crippen LogP contribution is -2.27. The van der Waals surface area contributed by atoms with Gasteiger partial charge in [0.2, 0.25) is 0 Å². The topological polar surface area (TPSA) is 62.5 Å². The van der Waals surface area contributed by atoms with Gasteiger partial charge in [-0.2, -0.15) is 0 Å². The highest BCUT2D eigenvalue weighted by atomic mass is 35.5. The van der Waals surface area contributed by atoms with Gasteiger partial charge in [-0.3, -0.25) is 4.79 Å². The fourth-order valence-electron chi connectivity index (χ4n) is 1.89. The number of hydrogen-bond acceptors (Lipinski definition) is 3. The van der Waals surface area contributed by atoms with Crippen molar-refractivity contribution in [3.05, 3.63) is 29.8 Å². The lowest BCUT2D eigenvalue weighted by molar-refractivity contribution is -0.137. The van der Waals surface area contributed by atoms with E-state index in [4.69, 9.17) is 28.3 Å². The Labute approximate surface area is 142 Å². The molecular weight excluding hydrogens is 323 g/mol. The maximum absolute atomic E-state index is 10.4. The smallest absolute Gasteiger partial charge is 0.303 e. The number of aryl methyl sites for hydroxylation is 1. The molecule has 2 rings (SSSR count). The molecule has 0 bridgehead atoms. The summed E-state index contributed by atoms with van der Waals surface area (Å²) in [7, 11) is 0. The van der Waals surface area contributed by atoms with Crippen LogP contribution in [0.25, 0.3) is 0 Å². The molecule has 6 heteroatoms. The van der Waals surface area contributed by atoms with E-state index >= 15 is 0 Å². The second-order valence-electron chi connectivity index (χ2n) is 5.03.